The first-order chi connectivity index (χ1) is 10.8. The maximum Gasteiger partial charge on any atom is 0.157 e. The van der Waals surface area contributed by atoms with E-state index in [9.17, 15) is 5.11 Å². The van der Waals surface area contributed by atoms with Gasteiger partial charge in [0.15, 0.2) is 5.82 Å². The van der Waals surface area contributed by atoms with Crippen LogP contribution in [0.25, 0.3) is 16.7 Å². The van der Waals surface area contributed by atoms with Crippen LogP contribution in [0.15, 0.2) is 36.8 Å². The van der Waals surface area contributed by atoms with Crippen LogP contribution in [0, 0.1) is 5.41 Å². The monoisotopic (exact) mass is 292 g/mol. The molecule has 0 saturated heterocycles. The van der Waals surface area contributed by atoms with Gasteiger partial charge in [0.1, 0.15) is 6.33 Å². The van der Waals surface area contributed by atoms with E-state index in [2.05, 4.69) is 33.3 Å². The fourth-order valence-electron chi connectivity index (χ4n) is 3.55. The number of aliphatic hydroxyl groups excluding tert-OH is 1. The largest absolute Gasteiger partial charge is 0.390 e. The van der Waals surface area contributed by atoms with Crippen LogP contribution in [-0.2, 0) is 6.61 Å². The van der Waals surface area contributed by atoms with E-state index in [1.807, 2.05) is 10.9 Å². The molecule has 2 aromatic heterocycles. The molecule has 2 aliphatic carbocycles. The van der Waals surface area contributed by atoms with Crippen LogP contribution >= 0.6 is 0 Å². The molecule has 1 atom stereocenters. The van der Waals surface area contributed by atoms with Gasteiger partial charge in [0.2, 0.25) is 0 Å². The summed E-state index contributed by atoms with van der Waals surface area (Å²) in [5.74, 6) is 1.43. The molecule has 0 amide bonds. The van der Waals surface area contributed by atoms with E-state index in [1.165, 1.54) is 31.2 Å². The van der Waals surface area contributed by atoms with Crippen LogP contribution in [0.4, 0.5) is 0 Å². The SMILES string of the molecule is OCc1cc(-n2ncc3ccc(C4CC45CC5)cc32)ncn1. The summed E-state index contributed by atoms with van der Waals surface area (Å²) < 4.78 is 1.83. The van der Waals surface area contributed by atoms with Gasteiger partial charge in [-0.1, -0.05) is 12.1 Å². The highest BCUT2D eigenvalue weighted by atomic mass is 16.3. The van der Waals surface area contributed by atoms with E-state index in [0.29, 0.717) is 16.9 Å². The molecule has 1 aromatic carbocycles. The Balaban J connectivity index is 1.62. The van der Waals surface area contributed by atoms with Crippen LogP contribution in [0.1, 0.15) is 36.4 Å². The maximum atomic E-state index is 9.24. The van der Waals surface area contributed by atoms with Crippen LogP contribution in [0.3, 0.4) is 0 Å². The number of aliphatic hydroxyl groups is 1. The summed E-state index contributed by atoms with van der Waals surface area (Å²) in [6.45, 7) is -0.0927. The Kier molecular flexibility index (Phi) is 2.31. The Labute approximate surface area is 127 Å². The standard InChI is InChI=1S/C17H16N4O/c22-9-13-6-16(19-10-18-13)21-15-5-11(1-2-12(15)8-20-21)14-7-17(14)3-4-17/h1-2,5-6,8,10,14,22H,3-4,7,9H2. The summed E-state index contributed by atoms with van der Waals surface area (Å²) in [6.07, 6.45) is 7.45. The lowest BCUT2D eigenvalue weighted by molar-refractivity contribution is 0.276. The first kappa shape index (κ1) is 12.3. The lowest BCUT2D eigenvalue weighted by Crippen LogP contribution is -2.02. The molecule has 22 heavy (non-hydrogen) atoms. The van der Waals surface area contributed by atoms with Gasteiger partial charge < -0.3 is 5.11 Å². The van der Waals surface area contributed by atoms with E-state index in [4.69, 9.17) is 0 Å². The molecule has 5 nitrogen and oxygen atoms in total. The Morgan fingerprint density at radius 3 is 2.91 bits per heavy atom. The molecule has 5 heteroatoms. The predicted molar refractivity (Wildman–Crippen MR) is 81.6 cm³/mol. The van der Waals surface area contributed by atoms with E-state index in [-0.39, 0.29) is 6.61 Å². The van der Waals surface area contributed by atoms with E-state index >= 15 is 0 Å². The molecule has 0 aliphatic heterocycles. The van der Waals surface area contributed by atoms with Crippen molar-refractivity contribution in [3.63, 3.8) is 0 Å². The molecule has 1 unspecified atom stereocenters. The third-order valence-corrected chi connectivity index (χ3v) is 5.17. The second-order valence-corrected chi connectivity index (χ2v) is 6.52. The van der Waals surface area contributed by atoms with Crippen LogP contribution in [0.2, 0.25) is 0 Å². The molecule has 0 bridgehead atoms. The Hall–Kier alpha value is -2.27. The fourth-order valence-corrected chi connectivity index (χ4v) is 3.55. The molecule has 0 radical (unpaired) electrons. The molecular weight excluding hydrogens is 276 g/mol. The summed E-state index contributed by atoms with van der Waals surface area (Å²) in [5, 5.41) is 14.8. The first-order valence-electron chi connectivity index (χ1n) is 7.69. The highest BCUT2D eigenvalue weighted by Crippen LogP contribution is 2.75. The van der Waals surface area contributed by atoms with Crippen LogP contribution in [-0.4, -0.2) is 24.9 Å². The molecule has 3 aromatic rings. The van der Waals surface area contributed by atoms with Crippen molar-refractivity contribution in [3.05, 3.63) is 48.0 Å². The maximum absolute atomic E-state index is 9.24. The van der Waals surface area contributed by atoms with Gasteiger partial charge in [0, 0.05) is 11.5 Å². The topological polar surface area (TPSA) is 63.8 Å². The van der Waals surface area contributed by atoms with E-state index in [0.717, 1.165) is 16.8 Å². The van der Waals surface area contributed by atoms with Crippen molar-refractivity contribution >= 4 is 10.9 Å². The summed E-state index contributed by atoms with van der Waals surface area (Å²) >= 11 is 0. The minimum atomic E-state index is -0.0927. The summed E-state index contributed by atoms with van der Waals surface area (Å²) in [6, 6.07) is 8.42. The molecule has 2 fully saturated rings. The van der Waals surface area contributed by atoms with Gasteiger partial charge in [-0.2, -0.15) is 5.10 Å². The molecule has 2 aliphatic rings. The molecule has 1 N–H and O–H groups in total. The lowest BCUT2D eigenvalue weighted by Gasteiger charge is -2.05. The molecule has 2 heterocycles. The second-order valence-electron chi connectivity index (χ2n) is 6.52. The number of rotatable bonds is 3. The summed E-state index contributed by atoms with van der Waals surface area (Å²) in [4.78, 5) is 8.32. The number of aromatic nitrogens is 4. The number of fused-ring (bicyclic) bond motifs is 1. The minimum Gasteiger partial charge on any atom is -0.390 e. The van der Waals surface area contributed by atoms with Crippen molar-refractivity contribution in [1.82, 2.24) is 19.7 Å². The van der Waals surface area contributed by atoms with Gasteiger partial charge in [-0.25, -0.2) is 14.6 Å². The Morgan fingerprint density at radius 2 is 2.14 bits per heavy atom. The zero-order chi connectivity index (χ0) is 14.7. The normalized spacial score (nSPS) is 21.4. The van der Waals surface area contributed by atoms with Crippen molar-refractivity contribution < 1.29 is 5.11 Å². The third-order valence-electron chi connectivity index (χ3n) is 5.17. The Morgan fingerprint density at radius 1 is 1.23 bits per heavy atom. The van der Waals surface area contributed by atoms with Crippen LogP contribution in [0.5, 0.6) is 0 Å². The van der Waals surface area contributed by atoms with Gasteiger partial charge in [-0.3, -0.25) is 0 Å². The summed E-state index contributed by atoms with van der Waals surface area (Å²) in [5.41, 5.74) is 3.74. The predicted octanol–water partition coefficient (Wildman–Crippen LogP) is 2.58. The van der Waals surface area contributed by atoms with Crippen molar-refractivity contribution in [3.8, 4) is 5.82 Å². The highest BCUT2D eigenvalue weighted by molar-refractivity contribution is 5.81. The van der Waals surface area contributed by atoms with E-state index in [1.54, 1.807) is 6.07 Å². The molecule has 5 rings (SSSR count). The van der Waals surface area contributed by atoms with Crippen molar-refractivity contribution in [2.24, 2.45) is 5.41 Å². The zero-order valence-electron chi connectivity index (χ0n) is 12.1. The minimum absolute atomic E-state index is 0.0927. The first-order valence-corrected chi connectivity index (χ1v) is 7.69. The fraction of sp³-hybridized carbons (Fsp3) is 0.353. The van der Waals surface area contributed by atoms with Gasteiger partial charge in [0.05, 0.1) is 24.0 Å². The quantitative estimate of drug-likeness (QED) is 0.806. The van der Waals surface area contributed by atoms with Gasteiger partial charge in [-0.05, 0) is 42.2 Å². The number of nitrogens with zero attached hydrogens (tertiary/aromatic N) is 4. The zero-order valence-corrected chi connectivity index (χ0v) is 12.1. The highest BCUT2D eigenvalue weighted by Gasteiger charge is 2.62. The van der Waals surface area contributed by atoms with Gasteiger partial charge >= 0.3 is 0 Å². The number of hydrogen-bond acceptors (Lipinski definition) is 4. The van der Waals surface area contributed by atoms with Crippen molar-refractivity contribution in [2.75, 3.05) is 0 Å². The number of hydrogen-bond donors (Lipinski definition) is 1. The summed E-state index contributed by atoms with van der Waals surface area (Å²) in [7, 11) is 0. The van der Waals surface area contributed by atoms with E-state index < -0.39 is 0 Å². The molecular formula is C17H16N4O. The Bertz CT molecular complexity index is 881. The van der Waals surface area contributed by atoms with Crippen LogP contribution < -0.4 is 0 Å². The smallest absolute Gasteiger partial charge is 0.157 e. The number of benzene rings is 1. The molecule has 2 saturated carbocycles. The van der Waals surface area contributed by atoms with Gasteiger partial charge in [0.25, 0.3) is 0 Å². The van der Waals surface area contributed by atoms with Crippen molar-refractivity contribution in [1.29, 1.82) is 0 Å². The average Bonchev–Trinajstić information content (AvgIpc) is 3.46. The third kappa shape index (κ3) is 1.72. The van der Waals surface area contributed by atoms with Crippen molar-refractivity contribution in [2.45, 2.75) is 31.8 Å². The molecule has 110 valence electrons. The second kappa shape index (κ2) is 4.14. The average molecular weight is 292 g/mol. The van der Waals surface area contributed by atoms with Gasteiger partial charge in [-0.15, -0.1) is 0 Å². The lowest BCUT2D eigenvalue weighted by atomic mass is 10.1. The molecule has 1 spiro atoms.